The van der Waals surface area contributed by atoms with Crippen LogP contribution in [0.5, 0.6) is 0 Å². The number of hydrogen-bond donors (Lipinski definition) is 2. The fraction of sp³-hybridized carbons (Fsp3) is 0.444. The summed E-state index contributed by atoms with van der Waals surface area (Å²) in [5.41, 5.74) is 6.72. The molecule has 0 radical (unpaired) electrons. The van der Waals surface area contributed by atoms with Gasteiger partial charge in [0.1, 0.15) is 5.54 Å². The number of rotatable bonds is 5. The van der Waals surface area contributed by atoms with E-state index in [4.69, 9.17) is 10.5 Å². The van der Waals surface area contributed by atoms with Crippen LogP contribution in [0.25, 0.3) is 5.69 Å². The zero-order valence-electron chi connectivity index (χ0n) is 14.3. The lowest BCUT2D eigenvalue weighted by Crippen LogP contribution is -2.74. The second-order valence-corrected chi connectivity index (χ2v) is 6.82. The van der Waals surface area contributed by atoms with Gasteiger partial charge < -0.3 is 20.4 Å². The molecule has 1 aliphatic rings. The molecule has 1 saturated carbocycles. The number of carbonyl (C=O) groups excluding carboxylic acids is 1. The predicted octanol–water partition coefficient (Wildman–Crippen LogP) is 2.34. The highest BCUT2D eigenvalue weighted by atomic mass is 16.5. The van der Waals surface area contributed by atoms with Crippen LogP contribution in [0.4, 0.5) is 5.69 Å². The lowest BCUT2D eigenvalue weighted by atomic mass is 9.54. The normalized spacial score (nSPS) is 25.1. The highest BCUT2D eigenvalue weighted by molar-refractivity contribution is 6.00. The summed E-state index contributed by atoms with van der Waals surface area (Å²) in [5.74, 6) is -0.175. The van der Waals surface area contributed by atoms with Crippen molar-refractivity contribution < 1.29 is 9.53 Å². The minimum absolute atomic E-state index is 0.00975. The summed E-state index contributed by atoms with van der Waals surface area (Å²) in [4.78, 5) is 16.8. The molecule has 1 fully saturated rings. The number of hydrogen-bond acceptors (Lipinski definition) is 4. The van der Waals surface area contributed by atoms with Gasteiger partial charge in [-0.25, -0.2) is 4.98 Å². The predicted molar refractivity (Wildman–Crippen MR) is 92.9 cm³/mol. The molecule has 1 aromatic carbocycles. The molecule has 24 heavy (non-hydrogen) atoms. The Morgan fingerprint density at radius 1 is 1.50 bits per heavy atom. The summed E-state index contributed by atoms with van der Waals surface area (Å²) < 4.78 is 7.57. The zero-order valence-corrected chi connectivity index (χ0v) is 14.3. The van der Waals surface area contributed by atoms with Crippen LogP contribution in [0.2, 0.25) is 0 Å². The molecule has 1 aliphatic carbocycles. The van der Waals surface area contributed by atoms with Gasteiger partial charge in [0.05, 0.1) is 12.4 Å². The molecule has 2 atom stereocenters. The van der Waals surface area contributed by atoms with Crippen LogP contribution >= 0.6 is 0 Å². The number of imidazole rings is 1. The third-order valence-corrected chi connectivity index (χ3v) is 5.14. The van der Waals surface area contributed by atoms with Crippen molar-refractivity contribution in [1.29, 1.82) is 0 Å². The second-order valence-electron chi connectivity index (χ2n) is 6.82. The van der Waals surface area contributed by atoms with Gasteiger partial charge in [-0.3, -0.25) is 4.79 Å². The van der Waals surface area contributed by atoms with Gasteiger partial charge in [0, 0.05) is 42.2 Å². The van der Waals surface area contributed by atoms with E-state index in [2.05, 4.69) is 10.3 Å². The van der Waals surface area contributed by atoms with Gasteiger partial charge in [-0.15, -0.1) is 0 Å². The molecular formula is C18H24N4O2. The Labute approximate surface area is 142 Å². The number of nitrogens with one attached hydrogen (secondary N) is 1. The molecule has 2 unspecified atom stereocenters. The summed E-state index contributed by atoms with van der Waals surface area (Å²) >= 11 is 0. The quantitative estimate of drug-likeness (QED) is 0.882. The first-order valence-electron chi connectivity index (χ1n) is 8.19. The van der Waals surface area contributed by atoms with Crippen LogP contribution in [0.1, 0.15) is 27.2 Å². The van der Waals surface area contributed by atoms with E-state index in [1.807, 2.05) is 55.8 Å². The van der Waals surface area contributed by atoms with E-state index in [-0.39, 0.29) is 12.0 Å². The van der Waals surface area contributed by atoms with Gasteiger partial charge in [0.2, 0.25) is 5.91 Å². The molecule has 1 amide bonds. The first-order chi connectivity index (χ1) is 11.4. The lowest BCUT2D eigenvalue weighted by Gasteiger charge is -2.57. The maximum Gasteiger partial charge on any atom is 0.245 e. The number of ether oxygens (including phenoxy) is 1. The van der Waals surface area contributed by atoms with Gasteiger partial charge in [-0.2, -0.15) is 0 Å². The first kappa shape index (κ1) is 16.7. The zero-order chi connectivity index (χ0) is 17.4. The highest BCUT2D eigenvalue weighted by Gasteiger charge is 2.62. The molecule has 0 bridgehead atoms. The monoisotopic (exact) mass is 328 g/mol. The van der Waals surface area contributed by atoms with Gasteiger partial charge >= 0.3 is 0 Å². The number of amides is 1. The average Bonchev–Trinajstić information content (AvgIpc) is 3.09. The topological polar surface area (TPSA) is 82.2 Å². The van der Waals surface area contributed by atoms with Crippen LogP contribution in [0.3, 0.4) is 0 Å². The third kappa shape index (κ3) is 2.61. The molecule has 6 heteroatoms. The standard InChI is InChI=1S/C18H24N4O2/c1-4-24-15-11-18(19,17(15,2)3)16(23)21-13-6-5-7-14(10-13)22-9-8-20-12-22/h5-10,12,15H,4,11,19H2,1-3H3,(H,21,23). The molecule has 6 nitrogen and oxygen atoms in total. The molecular weight excluding hydrogens is 304 g/mol. The number of aromatic nitrogens is 2. The molecule has 2 aromatic rings. The van der Waals surface area contributed by atoms with Gasteiger partial charge in [0.25, 0.3) is 0 Å². The Morgan fingerprint density at radius 3 is 2.92 bits per heavy atom. The SMILES string of the molecule is CCOC1CC(N)(C(=O)Nc2cccc(-n3ccnc3)c2)C1(C)C. The molecule has 0 aliphatic heterocycles. The third-order valence-electron chi connectivity index (χ3n) is 5.14. The average molecular weight is 328 g/mol. The second kappa shape index (κ2) is 6.03. The van der Waals surface area contributed by atoms with E-state index in [1.54, 1.807) is 12.5 Å². The fourth-order valence-corrected chi connectivity index (χ4v) is 3.22. The highest BCUT2D eigenvalue weighted by Crippen LogP contribution is 2.50. The van der Waals surface area contributed by atoms with Gasteiger partial charge in [0.15, 0.2) is 0 Å². The van der Waals surface area contributed by atoms with Crippen LogP contribution < -0.4 is 11.1 Å². The number of nitrogens with two attached hydrogens (primary N) is 1. The molecule has 0 spiro atoms. The maximum atomic E-state index is 12.8. The fourth-order valence-electron chi connectivity index (χ4n) is 3.22. The van der Waals surface area contributed by atoms with E-state index in [0.717, 1.165) is 5.69 Å². The van der Waals surface area contributed by atoms with E-state index in [9.17, 15) is 4.79 Å². The number of benzene rings is 1. The van der Waals surface area contributed by atoms with Crippen LogP contribution in [-0.4, -0.2) is 33.7 Å². The van der Waals surface area contributed by atoms with Crippen molar-refractivity contribution in [3.63, 3.8) is 0 Å². The Bertz CT molecular complexity index is 726. The summed E-state index contributed by atoms with van der Waals surface area (Å²) in [6, 6.07) is 7.60. The molecule has 0 saturated heterocycles. The first-order valence-corrected chi connectivity index (χ1v) is 8.19. The van der Waals surface area contributed by atoms with E-state index in [0.29, 0.717) is 18.7 Å². The number of nitrogens with zero attached hydrogens (tertiary/aromatic N) is 2. The Balaban J connectivity index is 1.75. The number of carbonyl (C=O) groups is 1. The molecule has 128 valence electrons. The summed E-state index contributed by atoms with van der Waals surface area (Å²) in [6.07, 6.45) is 5.82. The smallest absolute Gasteiger partial charge is 0.245 e. The maximum absolute atomic E-state index is 12.8. The van der Waals surface area contributed by atoms with Crippen molar-refractivity contribution in [2.45, 2.75) is 38.8 Å². The molecule has 3 N–H and O–H groups in total. The molecule has 1 aromatic heterocycles. The summed E-state index contributed by atoms with van der Waals surface area (Å²) in [5, 5.41) is 2.95. The van der Waals surface area contributed by atoms with Crippen molar-refractivity contribution in [3.05, 3.63) is 43.0 Å². The van der Waals surface area contributed by atoms with Crippen molar-refractivity contribution >= 4 is 11.6 Å². The Hall–Kier alpha value is -2.18. The van der Waals surface area contributed by atoms with E-state index < -0.39 is 11.0 Å². The van der Waals surface area contributed by atoms with E-state index >= 15 is 0 Å². The van der Waals surface area contributed by atoms with Crippen molar-refractivity contribution in [1.82, 2.24) is 9.55 Å². The van der Waals surface area contributed by atoms with Crippen LogP contribution in [0, 0.1) is 5.41 Å². The van der Waals surface area contributed by atoms with Crippen molar-refractivity contribution in [2.24, 2.45) is 11.1 Å². The van der Waals surface area contributed by atoms with Crippen molar-refractivity contribution in [3.8, 4) is 5.69 Å². The van der Waals surface area contributed by atoms with Crippen LogP contribution in [-0.2, 0) is 9.53 Å². The van der Waals surface area contributed by atoms with Crippen LogP contribution in [0.15, 0.2) is 43.0 Å². The molecule has 1 heterocycles. The summed E-state index contributed by atoms with van der Waals surface area (Å²) in [7, 11) is 0. The molecule has 3 rings (SSSR count). The number of anilines is 1. The minimum Gasteiger partial charge on any atom is -0.378 e. The largest absolute Gasteiger partial charge is 0.378 e. The van der Waals surface area contributed by atoms with E-state index in [1.165, 1.54) is 0 Å². The van der Waals surface area contributed by atoms with Gasteiger partial charge in [-0.1, -0.05) is 19.9 Å². The minimum atomic E-state index is -0.933. The van der Waals surface area contributed by atoms with Gasteiger partial charge in [-0.05, 0) is 25.1 Å². The Kier molecular flexibility index (Phi) is 4.19. The summed E-state index contributed by atoms with van der Waals surface area (Å²) in [6.45, 7) is 6.55. The Morgan fingerprint density at radius 2 is 2.29 bits per heavy atom. The van der Waals surface area contributed by atoms with Crippen molar-refractivity contribution in [2.75, 3.05) is 11.9 Å². The lowest BCUT2D eigenvalue weighted by molar-refractivity contribution is -0.166.